The molecule has 2 aromatic rings. The van der Waals surface area contributed by atoms with E-state index in [1.54, 1.807) is 35.0 Å². The Labute approximate surface area is 151 Å². The minimum absolute atomic E-state index is 0.0753. The summed E-state index contributed by atoms with van der Waals surface area (Å²) in [6.07, 6.45) is 1.62. The minimum Gasteiger partial charge on any atom is -0.408 e. The first-order valence-electron chi connectivity index (χ1n) is 8.93. The van der Waals surface area contributed by atoms with E-state index in [1.165, 1.54) is 4.57 Å². The number of rotatable bonds is 3. The molecule has 26 heavy (non-hydrogen) atoms. The molecule has 0 spiro atoms. The predicted octanol–water partition coefficient (Wildman–Crippen LogP) is 1.40. The Morgan fingerprint density at radius 1 is 1.15 bits per heavy atom. The molecular weight excluding hydrogens is 336 g/mol. The average molecular weight is 360 g/mol. The summed E-state index contributed by atoms with van der Waals surface area (Å²) < 4.78 is 6.57. The van der Waals surface area contributed by atoms with Crippen LogP contribution in [0.15, 0.2) is 27.4 Å². The van der Waals surface area contributed by atoms with Crippen LogP contribution < -0.4 is 11.1 Å². The molecule has 1 aromatic carbocycles. The minimum atomic E-state index is -0.451. The highest BCUT2D eigenvalue weighted by molar-refractivity contribution is 5.97. The van der Waals surface area contributed by atoms with E-state index in [-0.39, 0.29) is 11.9 Å². The van der Waals surface area contributed by atoms with Crippen molar-refractivity contribution in [2.24, 2.45) is 7.05 Å². The van der Waals surface area contributed by atoms with Gasteiger partial charge in [-0.25, -0.2) is 9.59 Å². The number of urea groups is 1. The zero-order valence-corrected chi connectivity index (χ0v) is 15.2. The van der Waals surface area contributed by atoms with Crippen LogP contribution in [0.5, 0.6) is 0 Å². The van der Waals surface area contributed by atoms with Crippen molar-refractivity contribution in [1.29, 1.82) is 0 Å². The van der Waals surface area contributed by atoms with Gasteiger partial charge in [-0.15, -0.1) is 0 Å². The molecular formula is C18H24N4O4. The van der Waals surface area contributed by atoms with Crippen molar-refractivity contribution in [2.75, 3.05) is 32.7 Å². The van der Waals surface area contributed by atoms with Crippen LogP contribution in [0, 0.1) is 0 Å². The topological polar surface area (TPSA) is 87.8 Å². The Bertz CT molecular complexity index is 870. The first-order chi connectivity index (χ1) is 12.5. The summed E-state index contributed by atoms with van der Waals surface area (Å²) in [4.78, 5) is 40.0. The first-order valence-corrected chi connectivity index (χ1v) is 8.93. The van der Waals surface area contributed by atoms with E-state index >= 15 is 0 Å². The summed E-state index contributed by atoms with van der Waals surface area (Å²) in [5, 5.41) is 2.87. The fourth-order valence-electron chi connectivity index (χ4n) is 3.12. The molecule has 140 valence electrons. The number of fused-ring (bicyclic) bond motifs is 1. The smallest absolute Gasteiger partial charge is 0.408 e. The van der Waals surface area contributed by atoms with Gasteiger partial charge in [-0.3, -0.25) is 9.36 Å². The van der Waals surface area contributed by atoms with Crippen molar-refractivity contribution in [3.05, 3.63) is 34.3 Å². The number of nitrogens with one attached hydrogen (secondary N) is 1. The van der Waals surface area contributed by atoms with Crippen LogP contribution in [0.25, 0.3) is 11.1 Å². The van der Waals surface area contributed by atoms with Crippen LogP contribution in [0.3, 0.4) is 0 Å². The molecule has 3 amide bonds. The van der Waals surface area contributed by atoms with Crippen LogP contribution in [0.2, 0.25) is 0 Å². The van der Waals surface area contributed by atoms with Crippen molar-refractivity contribution < 1.29 is 14.0 Å². The molecule has 8 heteroatoms. The lowest BCUT2D eigenvalue weighted by Crippen LogP contribution is -2.42. The highest BCUT2D eigenvalue weighted by Gasteiger charge is 2.23. The fraction of sp³-hybridized carbons (Fsp3) is 0.500. The molecule has 0 bridgehead atoms. The van der Waals surface area contributed by atoms with Crippen LogP contribution in [0.1, 0.15) is 30.1 Å². The van der Waals surface area contributed by atoms with E-state index in [2.05, 4.69) is 5.32 Å². The van der Waals surface area contributed by atoms with Crippen LogP contribution >= 0.6 is 0 Å². The highest BCUT2D eigenvalue weighted by atomic mass is 16.4. The van der Waals surface area contributed by atoms with Gasteiger partial charge in [0.1, 0.15) is 0 Å². The maximum absolute atomic E-state index is 12.8. The monoisotopic (exact) mass is 360 g/mol. The molecule has 2 heterocycles. The van der Waals surface area contributed by atoms with Crippen LogP contribution in [0.4, 0.5) is 4.79 Å². The van der Waals surface area contributed by atoms with Crippen molar-refractivity contribution >= 4 is 23.0 Å². The molecule has 1 aliphatic heterocycles. The summed E-state index contributed by atoms with van der Waals surface area (Å²) in [6.45, 7) is 4.87. The number of benzene rings is 1. The Kier molecular flexibility index (Phi) is 5.29. The number of oxazole rings is 1. The third-order valence-corrected chi connectivity index (χ3v) is 4.64. The van der Waals surface area contributed by atoms with Gasteiger partial charge in [0.05, 0.1) is 5.52 Å². The second kappa shape index (κ2) is 7.63. The molecule has 1 saturated heterocycles. The average Bonchev–Trinajstić information content (AvgIpc) is 2.82. The van der Waals surface area contributed by atoms with Gasteiger partial charge in [0.2, 0.25) is 0 Å². The third kappa shape index (κ3) is 3.58. The molecule has 1 fully saturated rings. The number of nitrogens with zero attached hydrogens (tertiary/aromatic N) is 3. The van der Waals surface area contributed by atoms with Gasteiger partial charge in [-0.2, -0.15) is 0 Å². The number of hydrogen-bond donors (Lipinski definition) is 1. The van der Waals surface area contributed by atoms with Gasteiger partial charge in [0.25, 0.3) is 5.91 Å². The van der Waals surface area contributed by atoms with Gasteiger partial charge in [0.15, 0.2) is 5.58 Å². The van der Waals surface area contributed by atoms with Crippen molar-refractivity contribution in [3.8, 4) is 0 Å². The summed E-state index contributed by atoms with van der Waals surface area (Å²) in [5.41, 5.74) is 1.54. The third-order valence-electron chi connectivity index (χ3n) is 4.64. The molecule has 8 nitrogen and oxygen atoms in total. The van der Waals surface area contributed by atoms with Crippen LogP contribution in [-0.4, -0.2) is 59.0 Å². The summed E-state index contributed by atoms with van der Waals surface area (Å²) >= 11 is 0. The van der Waals surface area contributed by atoms with E-state index in [4.69, 9.17) is 4.42 Å². The zero-order chi connectivity index (χ0) is 18.7. The maximum Gasteiger partial charge on any atom is 0.419 e. The zero-order valence-electron chi connectivity index (χ0n) is 15.2. The Morgan fingerprint density at radius 2 is 1.88 bits per heavy atom. The molecule has 0 unspecified atom stereocenters. The quantitative estimate of drug-likeness (QED) is 0.896. The normalized spacial score (nSPS) is 15.2. The van der Waals surface area contributed by atoms with Gasteiger partial charge in [-0.05, 0) is 31.0 Å². The summed E-state index contributed by atoms with van der Waals surface area (Å²) in [5.74, 6) is -0.567. The Hall–Kier alpha value is -2.77. The van der Waals surface area contributed by atoms with E-state index in [1.807, 2.05) is 6.92 Å². The maximum atomic E-state index is 12.8. The number of aromatic nitrogens is 1. The van der Waals surface area contributed by atoms with Crippen molar-refractivity contribution in [1.82, 2.24) is 19.7 Å². The van der Waals surface area contributed by atoms with Gasteiger partial charge >= 0.3 is 11.8 Å². The lowest BCUT2D eigenvalue weighted by molar-refractivity contribution is 0.0762. The van der Waals surface area contributed by atoms with E-state index < -0.39 is 5.76 Å². The van der Waals surface area contributed by atoms with E-state index in [0.717, 1.165) is 12.8 Å². The van der Waals surface area contributed by atoms with E-state index in [9.17, 15) is 14.4 Å². The summed E-state index contributed by atoms with van der Waals surface area (Å²) in [7, 11) is 1.63. The number of carbonyl (C=O) groups excluding carboxylic acids is 2. The second-order valence-electron chi connectivity index (χ2n) is 6.47. The predicted molar refractivity (Wildman–Crippen MR) is 97.2 cm³/mol. The standard InChI is InChI=1S/C18H24N4O4/c1-3-7-19-17(24)22-9-4-8-21(10-11-22)16(23)13-5-6-14-15(12-13)26-18(25)20(14)2/h5-6,12H,3-4,7-11H2,1-2H3,(H,19,24). The lowest BCUT2D eigenvalue weighted by atomic mass is 10.1. The first kappa shape index (κ1) is 18.0. The molecule has 1 aliphatic rings. The van der Waals surface area contributed by atoms with E-state index in [0.29, 0.717) is 49.4 Å². The fourth-order valence-corrected chi connectivity index (χ4v) is 3.12. The second-order valence-corrected chi connectivity index (χ2v) is 6.47. The SMILES string of the molecule is CCCNC(=O)N1CCCN(C(=O)c2ccc3c(c2)oc(=O)n3C)CC1. The molecule has 0 saturated carbocycles. The van der Waals surface area contributed by atoms with Crippen LogP contribution in [-0.2, 0) is 7.05 Å². The molecule has 0 radical (unpaired) electrons. The van der Waals surface area contributed by atoms with Crippen molar-refractivity contribution in [3.63, 3.8) is 0 Å². The van der Waals surface area contributed by atoms with Gasteiger partial charge < -0.3 is 19.5 Å². The van der Waals surface area contributed by atoms with Crippen molar-refractivity contribution in [2.45, 2.75) is 19.8 Å². The van der Waals surface area contributed by atoms with Gasteiger partial charge in [0, 0.05) is 45.3 Å². The molecule has 3 rings (SSSR count). The number of carbonyl (C=O) groups is 2. The largest absolute Gasteiger partial charge is 0.419 e. The lowest BCUT2D eigenvalue weighted by Gasteiger charge is -2.22. The molecule has 0 aliphatic carbocycles. The molecule has 0 atom stereocenters. The Balaban J connectivity index is 1.70. The number of aryl methyl sites for hydroxylation is 1. The van der Waals surface area contributed by atoms with Gasteiger partial charge in [-0.1, -0.05) is 6.92 Å². The molecule has 1 aromatic heterocycles. The number of hydrogen-bond acceptors (Lipinski definition) is 4. The summed E-state index contributed by atoms with van der Waals surface area (Å²) in [6, 6.07) is 4.95. The number of amides is 3. The Morgan fingerprint density at radius 3 is 2.65 bits per heavy atom. The highest BCUT2D eigenvalue weighted by Crippen LogP contribution is 2.17. The molecule has 1 N–H and O–H groups in total.